The molecule has 0 fully saturated rings. The van der Waals surface area contributed by atoms with Crippen molar-refractivity contribution in [3.05, 3.63) is 95.0 Å². The molecule has 166 valence electrons. The summed E-state index contributed by atoms with van der Waals surface area (Å²) in [4.78, 5) is 33.5. The molecule has 0 saturated carbocycles. The van der Waals surface area contributed by atoms with E-state index in [1.165, 1.54) is 0 Å². The van der Waals surface area contributed by atoms with E-state index in [0.717, 1.165) is 22.2 Å². The van der Waals surface area contributed by atoms with Gasteiger partial charge in [-0.15, -0.1) is 0 Å². The van der Waals surface area contributed by atoms with E-state index in [4.69, 9.17) is 21.3 Å². The van der Waals surface area contributed by atoms with Gasteiger partial charge in [-0.05, 0) is 42.3 Å². The monoisotopic (exact) mass is 459 g/mol. The lowest BCUT2D eigenvalue weighted by atomic mass is 9.89. The molecule has 7 heteroatoms. The first kappa shape index (κ1) is 21.2. The van der Waals surface area contributed by atoms with E-state index >= 15 is 0 Å². The van der Waals surface area contributed by atoms with Crippen LogP contribution in [0.5, 0.6) is 0 Å². The number of rotatable bonds is 5. The first-order chi connectivity index (χ1) is 16.1. The molecule has 3 aromatic carbocycles. The van der Waals surface area contributed by atoms with Gasteiger partial charge in [0.05, 0.1) is 30.2 Å². The van der Waals surface area contributed by atoms with Gasteiger partial charge in [0.2, 0.25) is 11.9 Å². The van der Waals surface area contributed by atoms with Gasteiger partial charge in [-0.1, -0.05) is 66.2 Å². The molecule has 0 radical (unpaired) electrons. The number of aromatic nitrogens is 2. The summed E-state index contributed by atoms with van der Waals surface area (Å²) in [5.41, 5.74) is 3.26. The number of esters is 1. The topological polar surface area (TPSA) is 64.4 Å². The van der Waals surface area contributed by atoms with Crippen LogP contribution in [0.3, 0.4) is 0 Å². The third kappa shape index (κ3) is 3.76. The molecule has 0 saturated heterocycles. The molecular formula is C26H22ClN3O3. The zero-order chi connectivity index (χ0) is 22.9. The minimum atomic E-state index is -1.07. The molecule has 0 aliphatic carbocycles. The van der Waals surface area contributed by atoms with Crippen molar-refractivity contribution in [3.8, 4) is 0 Å². The molecule has 0 bridgehead atoms. The average molecular weight is 460 g/mol. The van der Waals surface area contributed by atoms with Crippen LogP contribution in [-0.4, -0.2) is 28.0 Å². The highest BCUT2D eigenvalue weighted by molar-refractivity contribution is 6.30. The van der Waals surface area contributed by atoms with E-state index in [1.54, 1.807) is 24.0 Å². The molecule has 2 heterocycles. The first-order valence-electron chi connectivity index (χ1n) is 10.8. The Morgan fingerprint density at radius 2 is 1.79 bits per heavy atom. The highest BCUT2D eigenvalue weighted by Crippen LogP contribution is 2.42. The van der Waals surface area contributed by atoms with Crippen molar-refractivity contribution in [2.45, 2.75) is 19.5 Å². The van der Waals surface area contributed by atoms with Crippen LogP contribution >= 0.6 is 11.6 Å². The van der Waals surface area contributed by atoms with Gasteiger partial charge in [-0.2, -0.15) is 0 Å². The van der Waals surface area contributed by atoms with Gasteiger partial charge in [0, 0.05) is 5.02 Å². The number of fused-ring (bicyclic) bond motifs is 3. The number of anilines is 1. The highest BCUT2D eigenvalue weighted by Gasteiger charge is 2.47. The summed E-state index contributed by atoms with van der Waals surface area (Å²) in [5, 5.41) is 0.528. The van der Waals surface area contributed by atoms with Crippen LogP contribution in [0.2, 0.25) is 5.02 Å². The molecule has 1 aromatic heterocycles. The predicted molar refractivity (Wildman–Crippen MR) is 127 cm³/mol. The summed E-state index contributed by atoms with van der Waals surface area (Å²) in [6, 6.07) is 24.0. The van der Waals surface area contributed by atoms with Gasteiger partial charge in [0.15, 0.2) is 5.92 Å². The number of nitrogens with zero attached hydrogens (tertiary/aromatic N) is 3. The molecule has 0 N–H and O–H groups in total. The maximum atomic E-state index is 13.9. The predicted octanol–water partition coefficient (Wildman–Crippen LogP) is 5.01. The van der Waals surface area contributed by atoms with E-state index in [1.807, 2.05) is 71.3 Å². The van der Waals surface area contributed by atoms with Crippen LogP contribution in [0.15, 0.2) is 78.9 Å². The smallest absolute Gasteiger partial charge is 0.321 e. The maximum absolute atomic E-state index is 13.9. The molecule has 33 heavy (non-hydrogen) atoms. The summed E-state index contributed by atoms with van der Waals surface area (Å²) in [5.74, 6) is -1.48. The van der Waals surface area contributed by atoms with Crippen molar-refractivity contribution in [1.82, 2.24) is 9.55 Å². The van der Waals surface area contributed by atoms with Crippen molar-refractivity contribution in [1.29, 1.82) is 0 Å². The summed E-state index contributed by atoms with van der Waals surface area (Å²) >= 11 is 6.31. The lowest BCUT2D eigenvalue weighted by molar-refractivity contribution is -0.153. The van der Waals surface area contributed by atoms with E-state index in [2.05, 4.69) is 0 Å². The number of ether oxygens (including phenoxy) is 1. The largest absolute Gasteiger partial charge is 0.465 e. The summed E-state index contributed by atoms with van der Waals surface area (Å²) in [6.45, 7) is 2.21. The highest BCUT2D eigenvalue weighted by atomic mass is 35.5. The second-order valence-electron chi connectivity index (χ2n) is 7.91. The zero-order valence-electron chi connectivity index (χ0n) is 18.0. The zero-order valence-corrected chi connectivity index (χ0v) is 18.8. The fourth-order valence-corrected chi connectivity index (χ4v) is 4.65. The Labute approximate surface area is 196 Å². The second-order valence-corrected chi connectivity index (χ2v) is 8.35. The molecular weight excluding hydrogens is 438 g/mol. The number of hydrogen-bond acceptors (Lipinski definition) is 4. The van der Waals surface area contributed by atoms with Crippen LogP contribution in [-0.2, 0) is 20.9 Å². The summed E-state index contributed by atoms with van der Waals surface area (Å²) < 4.78 is 7.35. The Kier molecular flexibility index (Phi) is 5.60. The third-order valence-corrected chi connectivity index (χ3v) is 6.09. The number of halogens is 1. The van der Waals surface area contributed by atoms with Gasteiger partial charge in [0.25, 0.3) is 0 Å². The lowest BCUT2D eigenvalue weighted by Gasteiger charge is -2.38. The quantitative estimate of drug-likeness (QED) is 0.311. The van der Waals surface area contributed by atoms with E-state index in [9.17, 15) is 9.59 Å². The Hall–Kier alpha value is -3.64. The standard InChI is InChI=1S/C26H22ClN3O3/c1-2-33-25(32)22-23(18-11-8-12-19(27)15-18)30-21-14-7-6-13-20(21)28-26(30)29(24(22)31)16-17-9-4-3-5-10-17/h3-15,22-23H,2,16H2,1H3/t22-,23+/m1/s1. The summed E-state index contributed by atoms with van der Waals surface area (Å²) in [7, 11) is 0. The van der Waals surface area contributed by atoms with Gasteiger partial charge in [-0.25, -0.2) is 4.98 Å². The van der Waals surface area contributed by atoms with E-state index in [-0.39, 0.29) is 12.5 Å². The van der Waals surface area contributed by atoms with Crippen molar-refractivity contribution in [3.63, 3.8) is 0 Å². The van der Waals surface area contributed by atoms with Crippen molar-refractivity contribution in [2.75, 3.05) is 11.5 Å². The fourth-order valence-electron chi connectivity index (χ4n) is 4.46. The minimum absolute atomic E-state index is 0.182. The summed E-state index contributed by atoms with van der Waals surface area (Å²) in [6.07, 6.45) is 0. The first-order valence-corrected chi connectivity index (χ1v) is 11.2. The van der Waals surface area contributed by atoms with Crippen molar-refractivity contribution in [2.24, 2.45) is 5.92 Å². The Balaban J connectivity index is 1.76. The molecule has 2 atom stereocenters. The number of benzene rings is 3. The number of hydrogen-bond donors (Lipinski definition) is 0. The number of carbonyl (C=O) groups excluding carboxylic acids is 2. The third-order valence-electron chi connectivity index (χ3n) is 5.86. The van der Waals surface area contributed by atoms with Crippen LogP contribution in [0, 0.1) is 5.92 Å². The second kappa shape index (κ2) is 8.71. The van der Waals surface area contributed by atoms with Crippen LogP contribution in [0.4, 0.5) is 5.95 Å². The molecule has 6 nitrogen and oxygen atoms in total. The van der Waals surface area contributed by atoms with Gasteiger partial charge in [0.1, 0.15) is 0 Å². The van der Waals surface area contributed by atoms with E-state index < -0.39 is 17.9 Å². The SMILES string of the molecule is CCOC(=O)[C@H]1C(=O)N(Cc2ccccc2)c2nc3ccccc3n2[C@H]1c1cccc(Cl)c1. The average Bonchev–Trinajstić information content (AvgIpc) is 3.20. The molecule has 4 aromatic rings. The maximum Gasteiger partial charge on any atom is 0.321 e. The molecule has 0 unspecified atom stereocenters. The number of para-hydroxylation sites is 2. The minimum Gasteiger partial charge on any atom is -0.465 e. The van der Waals surface area contributed by atoms with Crippen LogP contribution in [0.25, 0.3) is 11.0 Å². The Bertz CT molecular complexity index is 1340. The van der Waals surface area contributed by atoms with Gasteiger partial charge >= 0.3 is 5.97 Å². The lowest BCUT2D eigenvalue weighted by Crippen LogP contribution is -2.49. The Morgan fingerprint density at radius 3 is 2.55 bits per heavy atom. The van der Waals surface area contributed by atoms with E-state index in [0.29, 0.717) is 17.5 Å². The van der Waals surface area contributed by atoms with Crippen LogP contribution in [0.1, 0.15) is 24.1 Å². The molecule has 1 amide bonds. The fraction of sp³-hybridized carbons (Fsp3) is 0.192. The van der Waals surface area contributed by atoms with Gasteiger partial charge < -0.3 is 9.30 Å². The Morgan fingerprint density at radius 1 is 1.03 bits per heavy atom. The van der Waals surface area contributed by atoms with Crippen molar-refractivity contribution < 1.29 is 14.3 Å². The number of amides is 1. The molecule has 1 aliphatic rings. The number of carbonyl (C=O) groups is 2. The molecule has 5 rings (SSSR count). The molecule has 0 spiro atoms. The number of imidazole rings is 1. The molecule has 1 aliphatic heterocycles. The van der Waals surface area contributed by atoms with Crippen LogP contribution < -0.4 is 4.90 Å². The van der Waals surface area contributed by atoms with Crippen molar-refractivity contribution >= 4 is 40.5 Å². The van der Waals surface area contributed by atoms with Gasteiger partial charge in [-0.3, -0.25) is 14.5 Å². The normalized spacial score (nSPS) is 17.8.